The number of carbonyl (C=O) groups excluding carboxylic acids is 1. The van der Waals surface area contributed by atoms with Crippen molar-refractivity contribution in [3.63, 3.8) is 0 Å². The van der Waals surface area contributed by atoms with Crippen LogP contribution in [0.3, 0.4) is 0 Å². The highest BCUT2D eigenvalue weighted by atomic mass is 32.1. The summed E-state index contributed by atoms with van der Waals surface area (Å²) < 4.78 is 0. The summed E-state index contributed by atoms with van der Waals surface area (Å²) in [5.74, 6) is -0.962. The number of nitrogens with two attached hydrogens (primary N) is 1. The van der Waals surface area contributed by atoms with Gasteiger partial charge in [-0.2, -0.15) is 0 Å². The van der Waals surface area contributed by atoms with Gasteiger partial charge in [0, 0.05) is 5.38 Å². The highest BCUT2D eigenvalue weighted by Gasteiger charge is 2.24. The first-order valence-electron chi connectivity index (χ1n) is 3.16. The first-order chi connectivity index (χ1) is 5.63. The summed E-state index contributed by atoms with van der Waals surface area (Å²) in [5.41, 5.74) is 6.52. The molecule has 1 aromatic rings. The minimum absolute atomic E-state index is 0.256. The molecule has 1 aromatic heterocycles. The van der Waals surface area contributed by atoms with Crippen molar-refractivity contribution in [3.8, 4) is 0 Å². The molecule has 0 saturated heterocycles. The van der Waals surface area contributed by atoms with E-state index in [0.29, 0.717) is 0 Å². The van der Waals surface area contributed by atoms with Crippen LogP contribution in [-0.2, 0) is 4.79 Å². The minimum atomic E-state index is -1.59. The third kappa shape index (κ3) is 1.79. The zero-order chi connectivity index (χ0) is 9.14. The van der Waals surface area contributed by atoms with Gasteiger partial charge in [-0.1, -0.05) is 0 Å². The van der Waals surface area contributed by atoms with Crippen LogP contribution in [0.25, 0.3) is 0 Å². The summed E-state index contributed by atoms with van der Waals surface area (Å²) in [6, 6.07) is 0. The lowest BCUT2D eigenvalue weighted by Gasteiger charge is -2.11. The molecule has 0 aromatic carbocycles. The highest BCUT2D eigenvalue weighted by Crippen LogP contribution is 2.15. The smallest absolute Gasteiger partial charge is 0.249 e. The van der Waals surface area contributed by atoms with Gasteiger partial charge in [0.25, 0.3) is 0 Å². The van der Waals surface area contributed by atoms with Crippen LogP contribution >= 0.6 is 11.3 Å². The topological polar surface area (TPSA) is 96.4 Å². The molecule has 6 heteroatoms. The number of carbonyl (C=O) groups is 1. The van der Waals surface area contributed by atoms with Gasteiger partial charge in [-0.3, -0.25) is 4.79 Å². The number of hydrogen-bond donors (Lipinski definition) is 3. The number of hydrogen-bond acceptors (Lipinski definition) is 5. The van der Waals surface area contributed by atoms with Gasteiger partial charge in [0.15, 0.2) is 6.10 Å². The monoisotopic (exact) mass is 188 g/mol. The Balaban J connectivity index is 2.71. The summed E-state index contributed by atoms with van der Waals surface area (Å²) in [5, 5.41) is 19.8. The van der Waals surface area contributed by atoms with Crippen molar-refractivity contribution in [2.45, 2.75) is 12.2 Å². The maximum Gasteiger partial charge on any atom is 0.249 e. The molecule has 1 heterocycles. The van der Waals surface area contributed by atoms with E-state index in [2.05, 4.69) is 4.98 Å². The fraction of sp³-hybridized carbons (Fsp3) is 0.333. The Hall–Kier alpha value is -0.980. The van der Waals surface area contributed by atoms with Crippen LogP contribution in [0.5, 0.6) is 0 Å². The van der Waals surface area contributed by atoms with E-state index in [1.807, 2.05) is 0 Å². The van der Waals surface area contributed by atoms with Crippen molar-refractivity contribution in [3.05, 3.63) is 16.6 Å². The molecule has 5 nitrogen and oxygen atoms in total. The molecule has 0 spiro atoms. The first kappa shape index (κ1) is 9.11. The third-order valence-electron chi connectivity index (χ3n) is 1.35. The average molecular weight is 188 g/mol. The van der Waals surface area contributed by atoms with Gasteiger partial charge in [0.2, 0.25) is 5.91 Å². The van der Waals surface area contributed by atoms with Crippen LogP contribution in [-0.4, -0.2) is 27.2 Å². The molecule has 4 N–H and O–H groups in total. The molecular formula is C6H8N2O3S. The average Bonchev–Trinajstić information content (AvgIpc) is 2.53. The zero-order valence-electron chi connectivity index (χ0n) is 6.04. The van der Waals surface area contributed by atoms with Crippen LogP contribution < -0.4 is 5.73 Å². The van der Waals surface area contributed by atoms with Crippen molar-refractivity contribution >= 4 is 17.2 Å². The third-order valence-corrected chi connectivity index (χ3v) is 1.95. The zero-order valence-corrected chi connectivity index (χ0v) is 6.86. The molecule has 66 valence electrons. The predicted molar refractivity (Wildman–Crippen MR) is 42.3 cm³/mol. The van der Waals surface area contributed by atoms with Crippen LogP contribution in [0.1, 0.15) is 11.8 Å². The number of nitrogens with zero attached hydrogens (tertiary/aromatic N) is 1. The van der Waals surface area contributed by atoms with E-state index in [9.17, 15) is 9.90 Å². The normalized spacial score (nSPS) is 15.5. The lowest BCUT2D eigenvalue weighted by molar-refractivity contribution is -0.132. The molecule has 12 heavy (non-hydrogen) atoms. The molecule has 0 radical (unpaired) electrons. The van der Waals surface area contributed by atoms with Gasteiger partial charge in [0.05, 0.1) is 11.2 Å². The molecule has 0 aliphatic rings. The molecule has 0 saturated carbocycles. The van der Waals surface area contributed by atoms with E-state index in [-0.39, 0.29) is 5.69 Å². The Kier molecular flexibility index (Phi) is 2.74. The second-order valence-electron chi connectivity index (χ2n) is 2.21. The Bertz CT molecular complexity index is 262. The molecule has 0 fully saturated rings. The lowest BCUT2D eigenvalue weighted by atomic mass is 10.1. The largest absolute Gasteiger partial charge is 0.383 e. The van der Waals surface area contributed by atoms with Crippen molar-refractivity contribution in [2.24, 2.45) is 5.73 Å². The lowest BCUT2D eigenvalue weighted by Crippen LogP contribution is -2.33. The maximum atomic E-state index is 10.4. The number of aromatic nitrogens is 1. The summed E-state index contributed by atoms with van der Waals surface area (Å²) in [6.07, 6.45) is -2.92. The number of aliphatic hydroxyl groups is 2. The number of aliphatic hydroxyl groups excluding tert-OH is 2. The highest BCUT2D eigenvalue weighted by molar-refractivity contribution is 7.07. The van der Waals surface area contributed by atoms with Gasteiger partial charge in [-0.05, 0) is 0 Å². The van der Waals surface area contributed by atoms with Crippen molar-refractivity contribution in [1.82, 2.24) is 4.98 Å². The van der Waals surface area contributed by atoms with Crippen molar-refractivity contribution < 1.29 is 15.0 Å². The first-order valence-corrected chi connectivity index (χ1v) is 4.10. The Morgan fingerprint density at radius 1 is 1.67 bits per heavy atom. The molecule has 0 bridgehead atoms. The predicted octanol–water partition coefficient (Wildman–Crippen LogP) is -0.977. The Labute approximate surface area is 72.5 Å². The van der Waals surface area contributed by atoms with Gasteiger partial charge < -0.3 is 15.9 Å². The fourth-order valence-corrected chi connectivity index (χ4v) is 1.27. The fourth-order valence-electron chi connectivity index (χ4n) is 0.685. The summed E-state index contributed by atoms with van der Waals surface area (Å²) in [6.45, 7) is 0. The van der Waals surface area contributed by atoms with E-state index in [1.54, 1.807) is 0 Å². The van der Waals surface area contributed by atoms with Gasteiger partial charge in [-0.25, -0.2) is 4.98 Å². The summed E-state index contributed by atoms with van der Waals surface area (Å²) >= 11 is 1.26. The van der Waals surface area contributed by atoms with Gasteiger partial charge in [0.1, 0.15) is 6.10 Å². The SMILES string of the molecule is NC(=O)C(O)C(O)c1cscn1. The van der Waals surface area contributed by atoms with Crippen LogP contribution in [0, 0.1) is 0 Å². The molecular weight excluding hydrogens is 180 g/mol. The summed E-state index contributed by atoms with van der Waals surface area (Å²) in [4.78, 5) is 14.1. The molecule has 2 unspecified atom stereocenters. The molecule has 0 aliphatic heterocycles. The second kappa shape index (κ2) is 3.61. The number of thiazole rings is 1. The molecule has 0 aliphatic carbocycles. The number of primary amides is 1. The van der Waals surface area contributed by atoms with E-state index in [4.69, 9.17) is 10.8 Å². The molecule has 1 rings (SSSR count). The minimum Gasteiger partial charge on any atom is -0.383 e. The summed E-state index contributed by atoms with van der Waals surface area (Å²) in [7, 11) is 0. The van der Waals surface area contributed by atoms with Crippen LogP contribution in [0.15, 0.2) is 10.9 Å². The van der Waals surface area contributed by atoms with Crippen LogP contribution in [0.4, 0.5) is 0 Å². The van der Waals surface area contributed by atoms with Crippen molar-refractivity contribution in [1.29, 1.82) is 0 Å². The van der Waals surface area contributed by atoms with E-state index in [0.717, 1.165) is 0 Å². The Morgan fingerprint density at radius 3 is 2.75 bits per heavy atom. The number of rotatable bonds is 3. The number of amides is 1. The maximum absolute atomic E-state index is 10.4. The van der Waals surface area contributed by atoms with E-state index in [1.165, 1.54) is 22.2 Å². The van der Waals surface area contributed by atoms with Gasteiger partial charge in [-0.15, -0.1) is 11.3 Å². The quantitative estimate of drug-likeness (QED) is 0.568. The molecule has 2 atom stereocenters. The van der Waals surface area contributed by atoms with E-state index < -0.39 is 18.1 Å². The Morgan fingerprint density at radius 2 is 2.33 bits per heavy atom. The van der Waals surface area contributed by atoms with Crippen LogP contribution in [0.2, 0.25) is 0 Å². The van der Waals surface area contributed by atoms with E-state index >= 15 is 0 Å². The second-order valence-corrected chi connectivity index (χ2v) is 2.92. The molecule has 1 amide bonds. The standard InChI is InChI=1S/C6H8N2O3S/c7-6(11)5(10)4(9)3-1-12-2-8-3/h1-2,4-5,9-10H,(H2,7,11). The van der Waals surface area contributed by atoms with Gasteiger partial charge >= 0.3 is 0 Å². The van der Waals surface area contributed by atoms with Crippen molar-refractivity contribution in [2.75, 3.05) is 0 Å².